The zero-order valence-electron chi connectivity index (χ0n) is 14.9. The molecule has 1 aromatic carbocycles. The van der Waals surface area contributed by atoms with Gasteiger partial charge in [0.1, 0.15) is 12.1 Å². The highest BCUT2D eigenvalue weighted by molar-refractivity contribution is 5.85. The average molecular weight is 353 g/mol. The first-order valence-corrected chi connectivity index (χ1v) is 8.93. The summed E-state index contributed by atoms with van der Waals surface area (Å²) in [6, 6.07) is 8.45. The van der Waals surface area contributed by atoms with E-state index in [-0.39, 0.29) is 0 Å². The second kappa shape index (κ2) is 7.80. The van der Waals surface area contributed by atoms with Crippen molar-refractivity contribution in [3.63, 3.8) is 0 Å². The van der Waals surface area contributed by atoms with E-state index in [4.69, 9.17) is 9.47 Å². The van der Waals surface area contributed by atoms with Gasteiger partial charge in [-0.25, -0.2) is 9.97 Å². The van der Waals surface area contributed by atoms with Crippen LogP contribution in [0.1, 0.15) is 24.0 Å². The largest absolute Gasteiger partial charge is 0.381 e. The molecule has 0 radical (unpaired) electrons. The third-order valence-corrected chi connectivity index (χ3v) is 4.54. The lowest BCUT2D eigenvalue weighted by Gasteiger charge is -2.22. The van der Waals surface area contributed by atoms with Crippen molar-refractivity contribution >= 4 is 16.9 Å². The van der Waals surface area contributed by atoms with Crippen LogP contribution in [0.2, 0.25) is 0 Å². The average Bonchev–Trinajstić information content (AvgIpc) is 3.07. The van der Waals surface area contributed by atoms with Crippen molar-refractivity contribution in [2.45, 2.75) is 32.1 Å². The number of aryl methyl sites for hydroxylation is 1. The van der Waals surface area contributed by atoms with Gasteiger partial charge in [0.05, 0.1) is 18.1 Å². The summed E-state index contributed by atoms with van der Waals surface area (Å²) in [6.07, 6.45) is 5.74. The number of aromatic nitrogens is 4. The fraction of sp³-hybridized carbons (Fsp3) is 0.421. The predicted molar refractivity (Wildman–Crippen MR) is 98.7 cm³/mol. The van der Waals surface area contributed by atoms with Crippen molar-refractivity contribution in [3.8, 4) is 0 Å². The monoisotopic (exact) mass is 353 g/mol. The third kappa shape index (κ3) is 4.00. The lowest BCUT2D eigenvalue weighted by atomic mass is 10.1. The van der Waals surface area contributed by atoms with Gasteiger partial charge in [-0.15, -0.1) is 0 Å². The van der Waals surface area contributed by atoms with Crippen LogP contribution in [0.25, 0.3) is 11.0 Å². The summed E-state index contributed by atoms with van der Waals surface area (Å²) in [7, 11) is 1.88. The molecule has 3 heterocycles. The number of nitrogens with one attached hydrogen (secondary N) is 1. The Morgan fingerprint density at radius 1 is 1.23 bits per heavy atom. The van der Waals surface area contributed by atoms with Gasteiger partial charge in [0.25, 0.3) is 0 Å². The molecule has 1 fully saturated rings. The number of fused-ring (bicyclic) bond motifs is 1. The first-order valence-electron chi connectivity index (χ1n) is 8.93. The number of ether oxygens (including phenoxy) is 2. The minimum atomic E-state index is 0.311. The fourth-order valence-electron chi connectivity index (χ4n) is 3.16. The minimum absolute atomic E-state index is 0.311. The molecule has 0 amide bonds. The minimum Gasteiger partial charge on any atom is -0.381 e. The Kier molecular flexibility index (Phi) is 5.08. The quantitative estimate of drug-likeness (QED) is 0.734. The van der Waals surface area contributed by atoms with Crippen LogP contribution in [-0.4, -0.2) is 39.1 Å². The van der Waals surface area contributed by atoms with Gasteiger partial charge in [0.15, 0.2) is 5.65 Å². The first-order chi connectivity index (χ1) is 12.8. The molecule has 1 aliphatic heterocycles. The van der Waals surface area contributed by atoms with Crippen LogP contribution >= 0.6 is 0 Å². The molecular formula is C19H23N5O2. The Bertz CT molecular complexity index is 873. The highest BCUT2D eigenvalue weighted by Crippen LogP contribution is 2.19. The SMILES string of the molecule is Cn1cc2c(NCc3cccc(COC4CCOCC4)c3)ncnc2n1. The summed E-state index contributed by atoms with van der Waals surface area (Å²) in [5.41, 5.74) is 3.07. The molecule has 1 N–H and O–H groups in total. The van der Waals surface area contributed by atoms with Gasteiger partial charge >= 0.3 is 0 Å². The molecule has 1 saturated heterocycles. The highest BCUT2D eigenvalue weighted by atomic mass is 16.5. The molecule has 2 aromatic heterocycles. The van der Waals surface area contributed by atoms with Crippen LogP contribution in [0, 0.1) is 0 Å². The second-order valence-electron chi connectivity index (χ2n) is 6.56. The Balaban J connectivity index is 1.38. The molecule has 0 atom stereocenters. The maximum Gasteiger partial charge on any atom is 0.186 e. The standard InChI is InChI=1S/C19H23N5O2/c1-24-11-17-18(21-13-22-19(17)23-24)20-10-14-3-2-4-15(9-14)12-26-16-5-7-25-8-6-16/h2-4,9,11,13,16H,5-8,10,12H2,1H3,(H,20,21,22,23). The summed E-state index contributed by atoms with van der Waals surface area (Å²) in [6.45, 7) is 2.93. The van der Waals surface area contributed by atoms with Gasteiger partial charge < -0.3 is 14.8 Å². The Morgan fingerprint density at radius 3 is 2.96 bits per heavy atom. The van der Waals surface area contributed by atoms with E-state index >= 15 is 0 Å². The number of benzene rings is 1. The molecule has 7 heteroatoms. The molecule has 4 rings (SSSR count). The summed E-state index contributed by atoms with van der Waals surface area (Å²) in [5, 5.41) is 8.62. The van der Waals surface area contributed by atoms with Gasteiger partial charge in [0, 0.05) is 33.0 Å². The van der Waals surface area contributed by atoms with Gasteiger partial charge in [-0.1, -0.05) is 24.3 Å². The van der Waals surface area contributed by atoms with Gasteiger partial charge in [-0.05, 0) is 24.0 Å². The second-order valence-corrected chi connectivity index (χ2v) is 6.56. The molecule has 1 aliphatic rings. The van der Waals surface area contributed by atoms with Crippen molar-refractivity contribution < 1.29 is 9.47 Å². The molecule has 0 spiro atoms. The summed E-state index contributed by atoms with van der Waals surface area (Å²) < 4.78 is 13.1. The van der Waals surface area contributed by atoms with E-state index < -0.39 is 0 Å². The van der Waals surface area contributed by atoms with E-state index in [1.54, 1.807) is 4.68 Å². The van der Waals surface area contributed by atoms with Gasteiger partial charge in [0.2, 0.25) is 0 Å². The first kappa shape index (κ1) is 16.9. The molecule has 0 unspecified atom stereocenters. The zero-order valence-corrected chi connectivity index (χ0v) is 14.9. The Hall–Kier alpha value is -2.51. The van der Waals surface area contributed by atoms with Crippen molar-refractivity contribution in [3.05, 3.63) is 47.9 Å². The molecule has 136 valence electrons. The van der Waals surface area contributed by atoms with Crippen LogP contribution in [0.15, 0.2) is 36.8 Å². The van der Waals surface area contributed by atoms with Crippen molar-refractivity contribution in [2.75, 3.05) is 18.5 Å². The van der Waals surface area contributed by atoms with Crippen molar-refractivity contribution in [2.24, 2.45) is 7.05 Å². The van der Waals surface area contributed by atoms with Crippen LogP contribution in [0.5, 0.6) is 0 Å². The van der Waals surface area contributed by atoms with Crippen LogP contribution in [-0.2, 0) is 29.7 Å². The third-order valence-electron chi connectivity index (χ3n) is 4.54. The smallest absolute Gasteiger partial charge is 0.186 e. The summed E-state index contributed by atoms with van der Waals surface area (Å²) in [4.78, 5) is 8.54. The summed E-state index contributed by atoms with van der Waals surface area (Å²) >= 11 is 0. The lowest BCUT2D eigenvalue weighted by Crippen LogP contribution is -2.23. The van der Waals surface area contributed by atoms with E-state index in [1.807, 2.05) is 13.2 Å². The lowest BCUT2D eigenvalue weighted by molar-refractivity contribution is -0.0390. The van der Waals surface area contributed by atoms with E-state index in [9.17, 15) is 0 Å². The van der Waals surface area contributed by atoms with Crippen LogP contribution in [0.3, 0.4) is 0 Å². The van der Waals surface area contributed by atoms with Crippen molar-refractivity contribution in [1.29, 1.82) is 0 Å². The van der Waals surface area contributed by atoms with E-state index in [2.05, 4.69) is 44.6 Å². The van der Waals surface area contributed by atoms with E-state index in [0.29, 0.717) is 24.9 Å². The topological polar surface area (TPSA) is 74.1 Å². The number of anilines is 1. The fourth-order valence-corrected chi connectivity index (χ4v) is 3.16. The molecule has 0 bridgehead atoms. The normalized spacial score (nSPS) is 15.4. The molecule has 3 aromatic rings. The predicted octanol–water partition coefficient (Wildman–Crippen LogP) is 2.67. The van der Waals surface area contributed by atoms with Crippen LogP contribution in [0.4, 0.5) is 5.82 Å². The molecular weight excluding hydrogens is 330 g/mol. The van der Waals surface area contributed by atoms with Gasteiger partial charge in [-0.2, -0.15) is 5.10 Å². The number of hydrogen-bond donors (Lipinski definition) is 1. The molecule has 7 nitrogen and oxygen atoms in total. The highest BCUT2D eigenvalue weighted by Gasteiger charge is 2.14. The maximum atomic E-state index is 6.02. The zero-order chi connectivity index (χ0) is 17.8. The van der Waals surface area contributed by atoms with Crippen molar-refractivity contribution in [1.82, 2.24) is 19.7 Å². The maximum absolute atomic E-state index is 6.02. The van der Waals surface area contributed by atoms with Gasteiger partial charge in [-0.3, -0.25) is 4.68 Å². The number of rotatable bonds is 6. The summed E-state index contributed by atoms with van der Waals surface area (Å²) in [5.74, 6) is 0.798. The number of nitrogens with zero attached hydrogens (tertiary/aromatic N) is 4. The Morgan fingerprint density at radius 2 is 2.08 bits per heavy atom. The number of hydrogen-bond acceptors (Lipinski definition) is 6. The van der Waals surface area contributed by atoms with E-state index in [0.717, 1.165) is 37.3 Å². The molecule has 0 saturated carbocycles. The van der Waals surface area contributed by atoms with Crippen LogP contribution < -0.4 is 5.32 Å². The molecule has 26 heavy (non-hydrogen) atoms. The Labute approximate surface area is 152 Å². The molecule has 0 aliphatic carbocycles. The van der Waals surface area contributed by atoms with E-state index in [1.165, 1.54) is 17.5 Å².